The minimum absolute atomic E-state index is 0.147. The zero-order valence-electron chi connectivity index (χ0n) is 14.6. The van der Waals surface area contributed by atoms with Crippen LogP contribution in [0.5, 0.6) is 5.75 Å². The number of esters is 1. The lowest BCUT2D eigenvalue weighted by atomic mass is 9.61. The summed E-state index contributed by atoms with van der Waals surface area (Å²) in [6.07, 6.45) is -5.05. The zero-order valence-corrected chi connectivity index (χ0v) is 14.6. The molecule has 2 aromatic rings. The van der Waals surface area contributed by atoms with Gasteiger partial charge in [0.05, 0.1) is 0 Å². The van der Waals surface area contributed by atoms with Crippen molar-refractivity contribution in [3.63, 3.8) is 0 Å². The van der Waals surface area contributed by atoms with Gasteiger partial charge in [-0.15, -0.1) is 0 Å². The number of rotatable bonds is 4. The molecule has 1 aliphatic heterocycles. The standard InChI is InChI=1S/C20H17F4NO3/c21-14-5-1-12(2-6-14)13-3-7-15(8-4-13)27-16-9-19(10-16)11-25-17(19)28-18(26)20(22,23)24/h1-8,16-17,25H,9-11H2. The van der Waals surface area contributed by atoms with Gasteiger partial charge in [0.15, 0.2) is 6.23 Å². The molecule has 1 heterocycles. The zero-order chi connectivity index (χ0) is 19.9. The summed E-state index contributed by atoms with van der Waals surface area (Å²) in [4.78, 5) is 11.0. The SMILES string of the molecule is O=C(OC1NCC12CC(Oc1ccc(-c3ccc(F)cc3)cc1)C2)C(F)(F)F. The lowest BCUT2D eigenvalue weighted by Crippen LogP contribution is -2.71. The maximum Gasteiger partial charge on any atom is 0.490 e. The average Bonchev–Trinajstić information content (AvgIpc) is 2.61. The summed E-state index contributed by atoms with van der Waals surface area (Å²) in [5.41, 5.74) is 1.31. The third kappa shape index (κ3) is 3.56. The molecule has 0 radical (unpaired) electrons. The van der Waals surface area contributed by atoms with E-state index in [-0.39, 0.29) is 11.9 Å². The highest BCUT2D eigenvalue weighted by Crippen LogP contribution is 2.50. The quantitative estimate of drug-likeness (QED) is 0.627. The van der Waals surface area contributed by atoms with Crippen molar-refractivity contribution in [1.29, 1.82) is 0 Å². The molecule has 1 spiro atoms. The van der Waals surface area contributed by atoms with Crippen molar-refractivity contribution in [3.8, 4) is 16.9 Å². The molecule has 1 aliphatic carbocycles. The summed E-state index contributed by atoms with van der Waals surface area (Å²) in [7, 11) is 0. The highest BCUT2D eigenvalue weighted by atomic mass is 19.4. The number of hydrogen-bond acceptors (Lipinski definition) is 4. The van der Waals surface area contributed by atoms with Gasteiger partial charge in [0.2, 0.25) is 0 Å². The molecule has 2 aromatic carbocycles. The molecule has 8 heteroatoms. The molecule has 2 fully saturated rings. The number of hydrogen-bond donors (Lipinski definition) is 1. The fourth-order valence-corrected chi connectivity index (χ4v) is 3.66. The number of benzene rings is 2. The summed E-state index contributed by atoms with van der Waals surface area (Å²) in [5, 5.41) is 2.73. The molecule has 0 bridgehead atoms. The minimum atomic E-state index is -5.00. The van der Waals surface area contributed by atoms with Gasteiger partial charge >= 0.3 is 12.1 Å². The number of alkyl halides is 3. The smallest absolute Gasteiger partial charge is 0.490 e. The van der Waals surface area contributed by atoms with Crippen LogP contribution in [0.15, 0.2) is 48.5 Å². The Bertz CT molecular complexity index is 859. The third-order valence-corrected chi connectivity index (χ3v) is 5.26. The number of carbonyl (C=O) groups is 1. The molecular formula is C20H17F4NO3. The Morgan fingerprint density at radius 1 is 1.00 bits per heavy atom. The number of carbonyl (C=O) groups excluding carboxylic acids is 1. The van der Waals surface area contributed by atoms with E-state index in [4.69, 9.17) is 4.74 Å². The van der Waals surface area contributed by atoms with Crippen molar-refractivity contribution in [1.82, 2.24) is 5.32 Å². The van der Waals surface area contributed by atoms with Crippen LogP contribution >= 0.6 is 0 Å². The van der Waals surface area contributed by atoms with Gasteiger partial charge in [0.1, 0.15) is 17.7 Å². The number of ether oxygens (including phenoxy) is 2. The Kier molecular flexibility index (Phi) is 4.53. The second kappa shape index (κ2) is 6.77. The van der Waals surface area contributed by atoms with Gasteiger partial charge in [0, 0.05) is 12.0 Å². The van der Waals surface area contributed by atoms with Crippen LogP contribution in [-0.2, 0) is 9.53 Å². The second-order valence-electron chi connectivity index (χ2n) is 7.21. The lowest BCUT2D eigenvalue weighted by Gasteiger charge is -2.57. The van der Waals surface area contributed by atoms with Gasteiger partial charge in [-0.25, -0.2) is 9.18 Å². The highest BCUT2D eigenvalue weighted by Gasteiger charge is 2.60. The largest absolute Gasteiger partial charge is 0.490 e. The Morgan fingerprint density at radius 3 is 2.07 bits per heavy atom. The molecule has 1 unspecified atom stereocenters. The molecule has 2 aliphatic rings. The molecule has 0 amide bonds. The van der Waals surface area contributed by atoms with E-state index in [0.29, 0.717) is 25.1 Å². The Balaban J connectivity index is 1.31. The maximum atomic E-state index is 13.0. The highest BCUT2D eigenvalue weighted by molar-refractivity contribution is 5.76. The fraction of sp³-hybridized carbons (Fsp3) is 0.350. The summed E-state index contributed by atoms with van der Waals surface area (Å²) in [6, 6.07) is 13.5. The van der Waals surface area contributed by atoms with Crippen LogP contribution in [0.2, 0.25) is 0 Å². The van der Waals surface area contributed by atoms with Crippen LogP contribution < -0.4 is 10.1 Å². The van der Waals surface area contributed by atoms with Gasteiger partial charge in [-0.2, -0.15) is 13.2 Å². The second-order valence-corrected chi connectivity index (χ2v) is 7.21. The van der Waals surface area contributed by atoms with Crippen molar-refractivity contribution in [2.75, 3.05) is 6.54 Å². The van der Waals surface area contributed by atoms with Gasteiger partial charge < -0.3 is 9.47 Å². The summed E-state index contributed by atoms with van der Waals surface area (Å²) in [6.45, 7) is 0.492. The Labute approximate surface area is 158 Å². The van der Waals surface area contributed by atoms with E-state index in [2.05, 4.69) is 10.1 Å². The van der Waals surface area contributed by atoms with E-state index in [9.17, 15) is 22.4 Å². The van der Waals surface area contributed by atoms with E-state index in [1.54, 1.807) is 24.3 Å². The molecule has 0 aromatic heterocycles. The van der Waals surface area contributed by atoms with Crippen LogP contribution in [0.4, 0.5) is 17.6 Å². The third-order valence-electron chi connectivity index (χ3n) is 5.26. The predicted octanol–water partition coefficient (Wildman–Crippen LogP) is 4.06. The minimum Gasteiger partial charge on any atom is -0.490 e. The molecule has 1 N–H and O–H groups in total. The molecule has 1 saturated carbocycles. The van der Waals surface area contributed by atoms with Gasteiger partial charge in [-0.1, -0.05) is 24.3 Å². The Morgan fingerprint density at radius 2 is 1.57 bits per heavy atom. The van der Waals surface area contributed by atoms with Crippen molar-refractivity contribution in [2.45, 2.75) is 31.3 Å². The first-order valence-corrected chi connectivity index (χ1v) is 8.79. The predicted molar refractivity (Wildman–Crippen MR) is 91.9 cm³/mol. The topological polar surface area (TPSA) is 47.6 Å². The molecule has 28 heavy (non-hydrogen) atoms. The van der Waals surface area contributed by atoms with Crippen LogP contribution in [0.3, 0.4) is 0 Å². The number of halogens is 4. The van der Waals surface area contributed by atoms with E-state index < -0.39 is 23.8 Å². The summed E-state index contributed by atoms with van der Waals surface area (Å²) < 4.78 is 60.4. The van der Waals surface area contributed by atoms with E-state index >= 15 is 0 Å². The van der Waals surface area contributed by atoms with Crippen molar-refractivity contribution < 1.29 is 31.8 Å². The fourth-order valence-electron chi connectivity index (χ4n) is 3.66. The first-order valence-electron chi connectivity index (χ1n) is 8.79. The van der Waals surface area contributed by atoms with E-state index in [0.717, 1.165) is 11.1 Å². The molecule has 148 valence electrons. The van der Waals surface area contributed by atoms with E-state index in [1.165, 1.54) is 12.1 Å². The van der Waals surface area contributed by atoms with Crippen molar-refractivity contribution in [2.24, 2.45) is 5.41 Å². The monoisotopic (exact) mass is 395 g/mol. The normalized spacial score (nSPS) is 26.3. The van der Waals surface area contributed by atoms with E-state index in [1.807, 2.05) is 12.1 Å². The van der Waals surface area contributed by atoms with Crippen molar-refractivity contribution in [3.05, 3.63) is 54.3 Å². The van der Waals surface area contributed by atoms with Crippen LogP contribution in [0.1, 0.15) is 12.8 Å². The van der Waals surface area contributed by atoms with Gasteiger partial charge in [0.25, 0.3) is 0 Å². The summed E-state index contributed by atoms with van der Waals surface area (Å²) >= 11 is 0. The number of nitrogens with one attached hydrogen (secondary N) is 1. The van der Waals surface area contributed by atoms with Crippen molar-refractivity contribution >= 4 is 5.97 Å². The van der Waals surface area contributed by atoms with Crippen LogP contribution in [0.25, 0.3) is 11.1 Å². The molecule has 1 saturated heterocycles. The molecule has 4 nitrogen and oxygen atoms in total. The lowest BCUT2D eigenvalue weighted by molar-refractivity contribution is -0.236. The molecule has 1 atom stereocenters. The van der Waals surface area contributed by atoms with Gasteiger partial charge in [-0.3, -0.25) is 5.32 Å². The Hall–Kier alpha value is -2.61. The summed E-state index contributed by atoms with van der Waals surface area (Å²) in [5.74, 6) is -1.83. The van der Waals surface area contributed by atoms with Gasteiger partial charge in [-0.05, 0) is 48.2 Å². The average molecular weight is 395 g/mol. The van der Waals surface area contributed by atoms with Crippen LogP contribution in [0, 0.1) is 11.2 Å². The maximum absolute atomic E-state index is 13.0. The molecular weight excluding hydrogens is 378 g/mol. The first-order chi connectivity index (χ1) is 13.2. The first kappa shape index (κ1) is 18.7. The molecule has 4 rings (SSSR count). The van der Waals surface area contributed by atoms with Crippen LogP contribution in [-0.4, -0.2) is 31.0 Å².